The molecule has 0 amide bonds. The predicted octanol–water partition coefficient (Wildman–Crippen LogP) is 3.34. The van der Waals surface area contributed by atoms with Gasteiger partial charge in [0, 0.05) is 23.8 Å². The molecule has 1 heterocycles. The Morgan fingerprint density at radius 2 is 1.77 bits per heavy atom. The van der Waals surface area contributed by atoms with Crippen LogP contribution in [0.3, 0.4) is 0 Å². The van der Waals surface area contributed by atoms with Crippen molar-refractivity contribution >= 4 is 43.1 Å². The fourth-order valence-corrected chi connectivity index (χ4v) is 5.18. The highest BCUT2D eigenvalue weighted by atomic mass is 35.5. The van der Waals surface area contributed by atoms with Crippen LogP contribution in [0.25, 0.3) is 5.69 Å². The van der Waals surface area contributed by atoms with Crippen molar-refractivity contribution in [3.8, 4) is 5.69 Å². The maximum absolute atomic E-state index is 12.8. The quantitative estimate of drug-likeness (QED) is 0.572. The first-order valence-corrected chi connectivity index (χ1v) is 12.2. The minimum atomic E-state index is -4.18. The third-order valence-electron chi connectivity index (χ3n) is 4.30. The summed E-state index contributed by atoms with van der Waals surface area (Å²) in [5.41, 5.74) is 1.46. The minimum absolute atomic E-state index is 0.0656. The zero-order valence-electron chi connectivity index (χ0n) is 15.8. The van der Waals surface area contributed by atoms with Crippen molar-refractivity contribution in [3.05, 3.63) is 71.0 Å². The van der Waals surface area contributed by atoms with E-state index in [2.05, 4.69) is 4.72 Å². The second-order valence-corrected chi connectivity index (χ2v) is 10.6. The van der Waals surface area contributed by atoms with E-state index in [0.29, 0.717) is 11.3 Å². The average Bonchev–Trinajstić information content (AvgIpc) is 3.10. The Labute approximate surface area is 178 Å². The summed E-state index contributed by atoms with van der Waals surface area (Å²) in [4.78, 5) is 10.8. The molecule has 0 spiro atoms. The van der Waals surface area contributed by atoms with Gasteiger partial charge in [-0.3, -0.25) is 4.72 Å². The number of nitrogens with one attached hydrogen (secondary N) is 1. The molecule has 0 bridgehead atoms. The van der Waals surface area contributed by atoms with Crippen LogP contribution in [0.5, 0.6) is 0 Å². The van der Waals surface area contributed by atoms with Gasteiger partial charge >= 0.3 is 5.97 Å². The van der Waals surface area contributed by atoms with Crippen LogP contribution >= 0.6 is 11.6 Å². The van der Waals surface area contributed by atoms with E-state index in [1.807, 2.05) is 0 Å². The average molecular weight is 469 g/mol. The van der Waals surface area contributed by atoms with Crippen LogP contribution in [0.4, 0.5) is 5.69 Å². The first-order chi connectivity index (χ1) is 13.9. The number of aromatic carboxylic acids is 1. The lowest BCUT2D eigenvalue weighted by Crippen LogP contribution is -2.15. The standard InChI is InChI=1S/C19H17ClN2O6S2/c1-12-10-13(5-8-16(12)22-9-3-4-17(22)19(23)24)21-30(27,28)18-11-14(29(2,25)26)6-7-15(18)20/h3-11,21H,1-2H3,(H,23,24). The lowest BCUT2D eigenvalue weighted by Gasteiger charge is -2.14. The van der Waals surface area contributed by atoms with Crippen molar-refractivity contribution < 1.29 is 26.7 Å². The van der Waals surface area contributed by atoms with Crippen LogP contribution < -0.4 is 4.72 Å². The van der Waals surface area contributed by atoms with E-state index >= 15 is 0 Å². The number of carboxylic acid groups (broad SMARTS) is 1. The molecule has 0 aliphatic heterocycles. The molecule has 0 unspecified atom stereocenters. The normalized spacial score (nSPS) is 12.0. The third kappa shape index (κ3) is 4.35. The smallest absolute Gasteiger partial charge is 0.352 e. The Kier molecular flexibility index (Phi) is 5.68. The number of carbonyl (C=O) groups is 1. The molecule has 1 aromatic heterocycles. The second kappa shape index (κ2) is 7.78. The van der Waals surface area contributed by atoms with E-state index in [9.17, 15) is 26.7 Å². The molecule has 0 radical (unpaired) electrons. The highest BCUT2D eigenvalue weighted by Gasteiger charge is 2.22. The Morgan fingerprint density at radius 1 is 1.07 bits per heavy atom. The number of aromatic nitrogens is 1. The van der Waals surface area contributed by atoms with Gasteiger partial charge in [0.1, 0.15) is 10.6 Å². The van der Waals surface area contributed by atoms with Crippen LogP contribution in [0, 0.1) is 6.92 Å². The van der Waals surface area contributed by atoms with Gasteiger partial charge in [-0.15, -0.1) is 0 Å². The molecule has 158 valence electrons. The number of carboxylic acids is 1. The summed E-state index contributed by atoms with van der Waals surface area (Å²) in [6.45, 7) is 1.70. The number of halogens is 1. The molecule has 3 aromatic rings. The number of hydrogen-bond acceptors (Lipinski definition) is 5. The highest BCUT2D eigenvalue weighted by molar-refractivity contribution is 7.93. The summed E-state index contributed by atoms with van der Waals surface area (Å²) in [5, 5.41) is 9.15. The van der Waals surface area contributed by atoms with Crippen molar-refractivity contribution in [2.24, 2.45) is 0 Å². The van der Waals surface area contributed by atoms with Crippen molar-refractivity contribution in [1.29, 1.82) is 0 Å². The molecule has 0 atom stereocenters. The number of rotatable bonds is 6. The molecule has 0 aliphatic rings. The number of aryl methyl sites for hydroxylation is 1. The zero-order valence-corrected chi connectivity index (χ0v) is 18.2. The highest BCUT2D eigenvalue weighted by Crippen LogP contribution is 2.28. The number of nitrogens with zero attached hydrogens (tertiary/aromatic N) is 1. The zero-order chi connectivity index (χ0) is 22.3. The van der Waals surface area contributed by atoms with Crippen LogP contribution in [0.2, 0.25) is 5.02 Å². The van der Waals surface area contributed by atoms with Gasteiger partial charge in [0.2, 0.25) is 0 Å². The van der Waals surface area contributed by atoms with E-state index in [1.165, 1.54) is 34.9 Å². The second-order valence-electron chi connectivity index (χ2n) is 6.54. The largest absolute Gasteiger partial charge is 0.477 e. The van der Waals surface area contributed by atoms with E-state index in [-0.39, 0.29) is 26.2 Å². The van der Waals surface area contributed by atoms with Crippen molar-refractivity contribution in [2.45, 2.75) is 16.7 Å². The number of anilines is 1. The maximum atomic E-state index is 12.8. The van der Waals surface area contributed by atoms with Gasteiger partial charge in [-0.05, 0) is 61.0 Å². The first kappa shape index (κ1) is 21.9. The summed E-state index contributed by atoms with van der Waals surface area (Å²) in [6.07, 6.45) is 2.56. The number of sulfonamides is 1. The minimum Gasteiger partial charge on any atom is -0.477 e. The summed E-state index contributed by atoms with van der Waals surface area (Å²) in [7, 11) is -7.80. The molecule has 0 saturated carbocycles. The molecule has 0 fully saturated rings. The Morgan fingerprint density at radius 3 is 2.37 bits per heavy atom. The van der Waals surface area contributed by atoms with Crippen molar-refractivity contribution in [3.63, 3.8) is 0 Å². The van der Waals surface area contributed by atoms with Crippen LogP contribution in [-0.4, -0.2) is 38.7 Å². The fourth-order valence-electron chi connectivity index (χ4n) is 2.88. The first-order valence-electron chi connectivity index (χ1n) is 8.44. The number of benzene rings is 2. The SMILES string of the molecule is Cc1cc(NS(=O)(=O)c2cc(S(C)(=O)=O)ccc2Cl)ccc1-n1cccc1C(=O)O. The molecule has 0 aliphatic carbocycles. The number of sulfone groups is 1. The van der Waals surface area contributed by atoms with Gasteiger partial charge in [-0.25, -0.2) is 21.6 Å². The Hall–Kier alpha value is -2.82. The van der Waals surface area contributed by atoms with Crippen LogP contribution in [0.15, 0.2) is 64.5 Å². The van der Waals surface area contributed by atoms with Gasteiger partial charge in [-0.2, -0.15) is 0 Å². The fraction of sp³-hybridized carbons (Fsp3) is 0.105. The molecular formula is C19H17ClN2O6S2. The molecule has 30 heavy (non-hydrogen) atoms. The van der Waals surface area contributed by atoms with E-state index < -0.39 is 25.8 Å². The third-order valence-corrected chi connectivity index (χ3v) is 7.27. The molecule has 2 aromatic carbocycles. The summed E-state index contributed by atoms with van der Waals surface area (Å²) >= 11 is 6.00. The molecule has 2 N–H and O–H groups in total. The monoisotopic (exact) mass is 468 g/mol. The summed E-state index contributed by atoms with van der Waals surface area (Å²) in [6, 6.07) is 11.1. The predicted molar refractivity (Wildman–Crippen MR) is 113 cm³/mol. The maximum Gasteiger partial charge on any atom is 0.352 e. The van der Waals surface area contributed by atoms with Gasteiger partial charge < -0.3 is 9.67 Å². The molecule has 11 heteroatoms. The van der Waals surface area contributed by atoms with Crippen LogP contribution in [-0.2, 0) is 19.9 Å². The summed E-state index contributed by atoms with van der Waals surface area (Å²) in [5.74, 6) is -1.09. The van der Waals surface area contributed by atoms with Gasteiger partial charge in [0.15, 0.2) is 9.84 Å². The van der Waals surface area contributed by atoms with Gasteiger partial charge in [-0.1, -0.05) is 11.6 Å². The molecular weight excluding hydrogens is 452 g/mol. The number of hydrogen-bond donors (Lipinski definition) is 2. The van der Waals surface area contributed by atoms with Crippen LogP contribution in [0.1, 0.15) is 16.1 Å². The lowest BCUT2D eigenvalue weighted by atomic mass is 10.1. The topological polar surface area (TPSA) is 123 Å². The van der Waals surface area contributed by atoms with E-state index in [1.54, 1.807) is 25.3 Å². The molecule has 3 rings (SSSR count). The van der Waals surface area contributed by atoms with Gasteiger partial charge in [0.25, 0.3) is 10.0 Å². The Bertz CT molecular complexity index is 1360. The van der Waals surface area contributed by atoms with Crippen molar-refractivity contribution in [2.75, 3.05) is 11.0 Å². The van der Waals surface area contributed by atoms with E-state index in [4.69, 9.17) is 11.6 Å². The molecule has 0 saturated heterocycles. The van der Waals surface area contributed by atoms with Crippen molar-refractivity contribution in [1.82, 2.24) is 4.57 Å². The lowest BCUT2D eigenvalue weighted by molar-refractivity contribution is 0.0688. The van der Waals surface area contributed by atoms with Gasteiger partial charge in [0.05, 0.1) is 9.92 Å². The summed E-state index contributed by atoms with van der Waals surface area (Å²) < 4.78 is 52.9. The van der Waals surface area contributed by atoms with E-state index in [0.717, 1.165) is 12.3 Å². The Balaban J connectivity index is 1.98. The molecule has 8 nitrogen and oxygen atoms in total.